The Bertz CT molecular complexity index is 1280. The maximum absolute atomic E-state index is 13.5. The van der Waals surface area contributed by atoms with Gasteiger partial charge in [0.05, 0.1) is 28.6 Å². The van der Waals surface area contributed by atoms with E-state index >= 15 is 0 Å². The maximum Gasteiger partial charge on any atom is 0.341 e. The predicted molar refractivity (Wildman–Crippen MR) is 132 cm³/mol. The van der Waals surface area contributed by atoms with E-state index in [-0.39, 0.29) is 11.5 Å². The molecule has 1 heterocycles. The molecule has 0 fully saturated rings. The van der Waals surface area contributed by atoms with Crippen LogP contribution in [-0.4, -0.2) is 43.2 Å². The first-order chi connectivity index (χ1) is 16.3. The summed E-state index contributed by atoms with van der Waals surface area (Å²) in [6, 6.07) is 10.8. The summed E-state index contributed by atoms with van der Waals surface area (Å²) in [7, 11) is 1.30. The lowest BCUT2D eigenvalue weighted by Gasteiger charge is -2.29. The number of allylic oxidation sites excluding steroid dienone is 2. The van der Waals surface area contributed by atoms with Crippen LogP contribution < -0.4 is 14.8 Å². The van der Waals surface area contributed by atoms with Gasteiger partial charge >= 0.3 is 11.9 Å². The molecule has 34 heavy (non-hydrogen) atoms. The summed E-state index contributed by atoms with van der Waals surface area (Å²) in [6.45, 7) is 3.35. The number of carboxylic acids is 1. The molecule has 176 valence electrons. The minimum absolute atomic E-state index is 0.170. The highest BCUT2D eigenvalue weighted by molar-refractivity contribution is 14.1. The van der Waals surface area contributed by atoms with Gasteiger partial charge in [0.15, 0.2) is 23.9 Å². The Hall–Kier alpha value is -3.34. The summed E-state index contributed by atoms with van der Waals surface area (Å²) < 4.78 is 16.9. The molecule has 1 aliphatic carbocycles. The zero-order valence-electron chi connectivity index (χ0n) is 18.7. The van der Waals surface area contributed by atoms with Gasteiger partial charge in [-0.2, -0.15) is 0 Å². The Morgan fingerprint density at radius 1 is 1.15 bits per heavy atom. The number of Topliss-reactive ketones (excluding diaryl/α,β-unsaturated/α-hetero) is 1. The molecule has 0 unspecified atom stereocenters. The number of benzene rings is 2. The third kappa shape index (κ3) is 4.04. The SMILES string of the molecule is CCOc1cc([C@H]2C(C(=O)OC)=C(C)NC3=C2C(=O)c2ccccc23)cc(I)c1OCC(=O)O. The molecule has 2 N–H and O–H groups in total. The number of halogens is 1. The molecule has 2 aromatic rings. The van der Waals surface area contributed by atoms with Crippen LogP contribution in [0, 0.1) is 3.57 Å². The molecule has 0 saturated heterocycles. The predicted octanol–water partition coefficient (Wildman–Crippen LogP) is 3.89. The number of hydrogen-bond donors (Lipinski definition) is 2. The number of rotatable bonds is 7. The monoisotopic (exact) mass is 575 g/mol. The average molecular weight is 575 g/mol. The van der Waals surface area contributed by atoms with E-state index in [0.29, 0.717) is 49.6 Å². The zero-order chi connectivity index (χ0) is 24.6. The van der Waals surface area contributed by atoms with Gasteiger partial charge in [-0.15, -0.1) is 0 Å². The van der Waals surface area contributed by atoms with Crippen molar-refractivity contribution in [2.75, 3.05) is 20.3 Å². The zero-order valence-corrected chi connectivity index (χ0v) is 20.9. The summed E-state index contributed by atoms with van der Waals surface area (Å²) in [4.78, 5) is 37.5. The Morgan fingerprint density at radius 2 is 1.85 bits per heavy atom. The Kier molecular flexibility index (Phi) is 6.65. The van der Waals surface area contributed by atoms with Gasteiger partial charge in [0, 0.05) is 28.3 Å². The van der Waals surface area contributed by atoms with E-state index in [1.54, 1.807) is 38.1 Å². The largest absolute Gasteiger partial charge is 0.490 e. The Balaban J connectivity index is 1.92. The molecular weight excluding hydrogens is 553 g/mol. The van der Waals surface area contributed by atoms with Gasteiger partial charge in [-0.3, -0.25) is 4.79 Å². The molecule has 2 aliphatic rings. The van der Waals surface area contributed by atoms with Gasteiger partial charge in [0.2, 0.25) is 0 Å². The molecule has 0 radical (unpaired) electrons. The quantitative estimate of drug-likeness (QED) is 0.378. The first kappa shape index (κ1) is 23.8. The van der Waals surface area contributed by atoms with E-state index in [9.17, 15) is 14.4 Å². The molecule has 4 rings (SSSR count). The van der Waals surface area contributed by atoms with Crippen molar-refractivity contribution >= 4 is 46.0 Å². The van der Waals surface area contributed by atoms with E-state index < -0.39 is 24.5 Å². The van der Waals surface area contributed by atoms with Crippen LogP contribution in [0.5, 0.6) is 11.5 Å². The van der Waals surface area contributed by atoms with E-state index in [2.05, 4.69) is 5.32 Å². The number of ether oxygens (including phenoxy) is 3. The molecule has 0 amide bonds. The smallest absolute Gasteiger partial charge is 0.341 e. The normalized spacial score (nSPS) is 16.6. The number of fused-ring (bicyclic) bond motifs is 2. The topological polar surface area (TPSA) is 111 Å². The van der Waals surface area contributed by atoms with Crippen molar-refractivity contribution in [1.82, 2.24) is 5.32 Å². The van der Waals surface area contributed by atoms with Crippen molar-refractivity contribution < 1.29 is 33.7 Å². The minimum atomic E-state index is -1.11. The fourth-order valence-electron chi connectivity index (χ4n) is 4.33. The number of nitrogens with one attached hydrogen (secondary N) is 1. The molecule has 0 spiro atoms. The van der Waals surface area contributed by atoms with Crippen LogP contribution >= 0.6 is 22.6 Å². The van der Waals surface area contributed by atoms with Crippen LogP contribution in [0.2, 0.25) is 0 Å². The molecule has 0 saturated carbocycles. The third-order valence-electron chi connectivity index (χ3n) is 5.66. The standard InChI is InChI=1S/C25H22INO7/c1-4-33-17-10-13(9-16(26)24(17)34-11-18(28)29)20-19(25(31)32-3)12(2)27-22-14-7-5-6-8-15(14)23(30)21(20)22/h5-10,20,27H,4,11H2,1-3H3,(H,28,29)/t20-/m0/s1. The molecular formula is C25H22INO7. The number of carboxylic acid groups (broad SMARTS) is 1. The highest BCUT2D eigenvalue weighted by Crippen LogP contribution is 2.48. The highest BCUT2D eigenvalue weighted by Gasteiger charge is 2.43. The lowest BCUT2D eigenvalue weighted by atomic mass is 9.79. The Morgan fingerprint density at radius 3 is 2.50 bits per heavy atom. The maximum atomic E-state index is 13.5. The van der Waals surface area contributed by atoms with Crippen LogP contribution in [0.3, 0.4) is 0 Å². The van der Waals surface area contributed by atoms with E-state index in [4.69, 9.17) is 19.3 Å². The first-order valence-electron chi connectivity index (χ1n) is 10.5. The molecule has 0 bridgehead atoms. The number of esters is 1. The van der Waals surface area contributed by atoms with E-state index in [1.165, 1.54) is 7.11 Å². The number of ketones is 1. The van der Waals surface area contributed by atoms with Crippen molar-refractivity contribution in [3.05, 3.63) is 73.5 Å². The second kappa shape index (κ2) is 9.49. The van der Waals surface area contributed by atoms with Crippen molar-refractivity contribution in [3.63, 3.8) is 0 Å². The highest BCUT2D eigenvalue weighted by atomic mass is 127. The number of carbonyl (C=O) groups is 3. The van der Waals surface area contributed by atoms with Gasteiger partial charge < -0.3 is 24.6 Å². The summed E-state index contributed by atoms with van der Waals surface area (Å²) in [5.41, 5.74) is 3.98. The molecule has 1 atom stereocenters. The molecule has 9 heteroatoms. The van der Waals surface area contributed by atoms with Gasteiger partial charge in [0.1, 0.15) is 0 Å². The molecule has 1 aliphatic heterocycles. The van der Waals surface area contributed by atoms with Crippen molar-refractivity contribution in [2.24, 2.45) is 0 Å². The van der Waals surface area contributed by atoms with Gasteiger partial charge in [-0.1, -0.05) is 24.3 Å². The van der Waals surface area contributed by atoms with Crippen molar-refractivity contribution in [3.8, 4) is 11.5 Å². The van der Waals surface area contributed by atoms with Crippen LogP contribution in [-0.2, 0) is 14.3 Å². The van der Waals surface area contributed by atoms with Gasteiger partial charge in [-0.25, -0.2) is 9.59 Å². The third-order valence-corrected chi connectivity index (χ3v) is 6.46. The summed E-state index contributed by atoms with van der Waals surface area (Å²) in [6.07, 6.45) is 0. The van der Waals surface area contributed by atoms with Gasteiger partial charge in [-0.05, 0) is 54.1 Å². The first-order valence-corrected chi connectivity index (χ1v) is 11.6. The van der Waals surface area contributed by atoms with Crippen LogP contribution in [0.25, 0.3) is 5.70 Å². The van der Waals surface area contributed by atoms with Crippen molar-refractivity contribution in [2.45, 2.75) is 19.8 Å². The second-order valence-electron chi connectivity index (χ2n) is 7.70. The fourth-order valence-corrected chi connectivity index (χ4v) is 5.12. The van der Waals surface area contributed by atoms with Crippen LogP contribution in [0.4, 0.5) is 0 Å². The molecule has 8 nitrogen and oxygen atoms in total. The summed E-state index contributed by atoms with van der Waals surface area (Å²) in [5, 5.41) is 12.3. The molecule has 2 aromatic carbocycles. The second-order valence-corrected chi connectivity index (χ2v) is 8.86. The van der Waals surface area contributed by atoms with Crippen LogP contribution in [0.15, 0.2) is 53.2 Å². The van der Waals surface area contributed by atoms with E-state index in [1.807, 2.05) is 34.7 Å². The number of methoxy groups -OCH3 is 1. The average Bonchev–Trinajstić information content (AvgIpc) is 3.08. The number of hydrogen-bond acceptors (Lipinski definition) is 7. The fraction of sp³-hybridized carbons (Fsp3) is 0.240. The number of carbonyl (C=O) groups excluding carboxylic acids is 2. The lowest BCUT2D eigenvalue weighted by Crippen LogP contribution is -2.29. The van der Waals surface area contributed by atoms with Crippen LogP contribution in [0.1, 0.15) is 41.3 Å². The summed E-state index contributed by atoms with van der Waals surface area (Å²) in [5.74, 6) is -1.93. The summed E-state index contributed by atoms with van der Waals surface area (Å²) >= 11 is 2.03. The number of aliphatic carboxylic acids is 1. The molecule has 0 aromatic heterocycles. The lowest BCUT2D eigenvalue weighted by molar-refractivity contribution is -0.139. The van der Waals surface area contributed by atoms with E-state index in [0.717, 1.165) is 5.56 Å². The van der Waals surface area contributed by atoms with Crippen molar-refractivity contribution in [1.29, 1.82) is 0 Å². The number of dihydropyridines is 1. The minimum Gasteiger partial charge on any atom is -0.490 e. The Labute approximate surface area is 209 Å². The van der Waals surface area contributed by atoms with Gasteiger partial charge in [0.25, 0.3) is 0 Å².